The van der Waals surface area contributed by atoms with Crippen molar-refractivity contribution in [1.29, 1.82) is 0 Å². The van der Waals surface area contributed by atoms with E-state index in [1.54, 1.807) is 19.1 Å². The zero-order valence-electron chi connectivity index (χ0n) is 11.7. The van der Waals surface area contributed by atoms with E-state index in [-0.39, 0.29) is 5.82 Å². The molecule has 19 heavy (non-hydrogen) atoms. The van der Waals surface area contributed by atoms with E-state index in [0.29, 0.717) is 11.4 Å². The molecular formula is C15H20FN3. The van der Waals surface area contributed by atoms with Gasteiger partial charge in [-0.2, -0.15) is 0 Å². The molecule has 0 aliphatic rings. The third kappa shape index (κ3) is 2.48. The van der Waals surface area contributed by atoms with Crippen molar-refractivity contribution in [2.45, 2.75) is 40.2 Å². The number of halogens is 1. The Balaban J connectivity index is 2.52. The van der Waals surface area contributed by atoms with E-state index < -0.39 is 0 Å². The van der Waals surface area contributed by atoms with E-state index in [0.717, 1.165) is 36.5 Å². The molecule has 2 aromatic rings. The maximum atomic E-state index is 13.3. The van der Waals surface area contributed by atoms with E-state index in [4.69, 9.17) is 5.73 Å². The SMILES string of the molecule is CCCn1c(CC)nc(-c2ccc(F)c(C)c2)c1N. The molecule has 0 amide bonds. The average molecular weight is 261 g/mol. The van der Waals surface area contributed by atoms with Gasteiger partial charge in [-0.05, 0) is 37.1 Å². The maximum absolute atomic E-state index is 13.3. The van der Waals surface area contributed by atoms with Gasteiger partial charge >= 0.3 is 0 Å². The van der Waals surface area contributed by atoms with Crippen LogP contribution in [0.15, 0.2) is 18.2 Å². The summed E-state index contributed by atoms with van der Waals surface area (Å²) in [7, 11) is 0. The zero-order valence-corrected chi connectivity index (χ0v) is 11.7. The van der Waals surface area contributed by atoms with Crippen LogP contribution in [0.4, 0.5) is 10.2 Å². The number of nitrogen functional groups attached to an aromatic ring is 1. The Morgan fingerprint density at radius 2 is 2.05 bits per heavy atom. The lowest BCUT2D eigenvalue weighted by Crippen LogP contribution is -2.06. The number of hydrogen-bond acceptors (Lipinski definition) is 2. The third-order valence-electron chi connectivity index (χ3n) is 3.28. The second-order valence-corrected chi connectivity index (χ2v) is 4.73. The molecule has 0 spiro atoms. The molecule has 1 aromatic heterocycles. The first-order chi connectivity index (χ1) is 9.08. The van der Waals surface area contributed by atoms with Gasteiger partial charge in [-0.15, -0.1) is 0 Å². The number of hydrogen-bond donors (Lipinski definition) is 1. The van der Waals surface area contributed by atoms with Gasteiger partial charge in [-0.25, -0.2) is 9.37 Å². The van der Waals surface area contributed by atoms with Gasteiger partial charge in [0.15, 0.2) is 0 Å². The lowest BCUT2D eigenvalue weighted by molar-refractivity contribution is 0.619. The van der Waals surface area contributed by atoms with Crippen LogP contribution in [0.25, 0.3) is 11.3 Å². The number of nitrogens with two attached hydrogens (primary N) is 1. The minimum absolute atomic E-state index is 0.203. The number of nitrogens with zero attached hydrogens (tertiary/aromatic N) is 2. The van der Waals surface area contributed by atoms with Crippen LogP contribution in [0.3, 0.4) is 0 Å². The third-order valence-corrected chi connectivity index (χ3v) is 3.28. The van der Waals surface area contributed by atoms with Crippen molar-refractivity contribution in [3.8, 4) is 11.3 Å². The van der Waals surface area contributed by atoms with E-state index in [1.165, 1.54) is 6.07 Å². The summed E-state index contributed by atoms with van der Waals surface area (Å²) >= 11 is 0. The van der Waals surface area contributed by atoms with Gasteiger partial charge in [-0.3, -0.25) is 0 Å². The van der Waals surface area contributed by atoms with Crippen LogP contribution >= 0.6 is 0 Å². The van der Waals surface area contributed by atoms with Gasteiger partial charge in [0.2, 0.25) is 0 Å². The van der Waals surface area contributed by atoms with E-state index in [1.807, 2.05) is 4.57 Å². The van der Waals surface area contributed by atoms with Gasteiger partial charge in [0.1, 0.15) is 23.2 Å². The molecule has 1 aromatic carbocycles. The molecule has 4 heteroatoms. The summed E-state index contributed by atoms with van der Waals surface area (Å²) in [6.07, 6.45) is 1.85. The summed E-state index contributed by atoms with van der Waals surface area (Å²) in [5.41, 5.74) is 8.44. The fraction of sp³-hybridized carbons (Fsp3) is 0.400. The summed E-state index contributed by atoms with van der Waals surface area (Å²) < 4.78 is 15.4. The molecule has 3 nitrogen and oxygen atoms in total. The molecule has 0 radical (unpaired) electrons. The predicted octanol–water partition coefficient (Wildman–Crippen LogP) is 3.55. The summed E-state index contributed by atoms with van der Waals surface area (Å²) in [6, 6.07) is 5.00. The van der Waals surface area contributed by atoms with Crippen molar-refractivity contribution in [2.24, 2.45) is 0 Å². The molecule has 0 unspecified atom stereocenters. The van der Waals surface area contributed by atoms with Crippen molar-refractivity contribution in [1.82, 2.24) is 9.55 Å². The molecule has 102 valence electrons. The average Bonchev–Trinajstić information content (AvgIpc) is 2.71. The molecule has 2 N–H and O–H groups in total. The Morgan fingerprint density at radius 1 is 1.32 bits per heavy atom. The summed E-state index contributed by atoms with van der Waals surface area (Å²) in [5.74, 6) is 1.45. The number of benzene rings is 1. The van der Waals surface area contributed by atoms with Gasteiger partial charge in [0.25, 0.3) is 0 Å². The first kappa shape index (κ1) is 13.6. The van der Waals surface area contributed by atoms with Crippen molar-refractivity contribution in [3.05, 3.63) is 35.4 Å². The molecule has 0 bridgehead atoms. The van der Waals surface area contributed by atoms with Crippen LogP contribution < -0.4 is 5.73 Å². The monoisotopic (exact) mass is 261 g/mol. The standard InChI is InChI=1S/C15H20FN3/c1-4-8-19-13(5-2)18-14(15(19)17)11-6-7-12(16)10(3)9-11/h6-7,9H,4-5,8,17H2,1-3H3. The van der Waals surface area contributed by atoms with Crippen LogP contribution in [0.2, 0.25) is 0 Å². The second kappa shape index (κ2) is 5.43. The van der Waals surface area contributed by atoms with E-state index in [2.05, 4.69) is 18.8 Å². The van der Waals surface area contributed by atoms with Gasteiger partial charge in [0.05, 0.1) is 0 Å². The van der Waals surface area contributed by atoms with Gasteiger partial charge in [0, 0.05) is 18.5 Å². The fourth-order valence-corrected chi connectivity index (χ4v) is 2.26. The van der Waals surface area contributed by atoms with Crippen molar-refractivity contribution >= 4 is 5.82 Å². The van der Waals surface area contributed by atoms with Crippen molar-refractivity contribution in [3.63, 3.8) is 0 Å². The second-order valence-electron chi connectivity index (χ2n) is 4.73. The topological polar surface area (TPSA) is 43.8 Å². The van der Waals surface area contributed by atoms with E-state index in [9.17, 15) is 4.39 Å². The maximum Gasteiger partial charge on any atom is 0.131 e. The van der Waals surface area contributed by atoms with E-state index >= 15 is 0 Å². The molecule has 0 saturated heterocycles. The predicted molar refractivity (Wildman–Crippen MR) is 76.4 cm³/mol. The normalized spacial score (nSPS) is 10.9. The summed E-state index contributed by atoms with van der Waals surface area (Å²) in [5, 5.41) is 0. The molecular weight excluding hydrogens is 241 g/mol. The first-order valence-corrected chi connectivity index (χ1v) is 6.69. The van der Waals surface area contributed by atoms with Crippen LogP contribution in [0, 0.1) is 12.7 Å². The molecule has 0 atom stereocenters. The largest absolute Gasteiger partial charge is 0.383 e. The highest BCUT2D eigenvalue weighted by Crippen LogP contribution is 2.28. The summed E-state index contributed by atoms with van der Waals surface area (Å²) in [4.78, 5) is 4.60. The Hall–Kier alpha value is -1.84. The number of aromatic nitrogens is 2. The lowest BCUT2D eigenvalue weighted by Gasteiger charge is -2.07. The lowest BCUT2D eigenvalue weighted by atomic mass is 10.1. The van der Waals surface area contributed by atoms with Gasteiger partial charge in [-0.1, -0.05) is 13.8 Å². The minimum atomic E-state index is -0.203. The zero-order chi connectivity index (χ0) is 14.0. The molecule has 0 fully saturated rings. The van der Waals surface area contributed by atoms with Crippen molar-refractivity contribution < 1.29 is 4.39 Å². The fourth-order valence-electron chi connectivity index (χ4n) is 2.26. The molecule has 2 rings (SSSR count). The first-order valence-electron chi connectivity index (χ1n) is 6.69. The van der Waals surface area contributed by atoms with Crippen LogP contribution in [0.1, 0.15) is 31.7 Å². The van der Waals surface area contributed by atoms with Gasteiger partial charge < -0.3 is 10.3 Å². The smallest absolute Gasteiger partial charge is 0.131 e. The van der Waals surface area contributed by atoms with Crippen molar-refractivity contribution in [2.75, 3.05) is 5.73 Å². The number of rotatable bonds is 4. The van der Waals surface area contributed by atoms with Crippen LogP contribution in [-0.2, 0) is 13.0 Å². The Labute approximate surface area is 113 Å². The number of aryl methyl sites for hydroxylation is 2. The highest BCUT2D eigenvalue weighted by atomic mass is 19.1. The highest BCUT2D eigenvalue weighted by molar-refractivity contribution is 5.71. The molecule has 0 aliphatic carbocycles. The molecule has 0 saturated carbocycles. The Morgan fingerprint density at radius 3 is 2.63 bits per heavy atom. The number of imidazole rings is 1. The quantitative estimate of drug-likeness (QED) is 0.914. The molecule has 0 aliphatic heterocycles. The summed E-state index contributed by atoms with van der Waals surface area (Å²) in [6.45, 7) is 6.79. The minimum Gasteiger partial charge on any atom is -0.383 e. The Bertz CT molecular complexity index is 587. The Kier molecular flexibility index (Phi) is 3.88. The van der Waals surface area contributed by atoms with Crippen LogP contribution in [0.5, 0.6) is 0 Å². The van der Waals surface area contributed by atoms with Crippen LogP contribution in [-0.4, -0.2) is 9.55 Å². The highest BCUT2D eigenvalue weighted by Gasteiger charge is 2.15. The number of anilines is 1. The molecule has 1 heterocycles.